The molecule has 5 rings (SSSR count). The number of thiazole rings is 1. The third kappa shape index (κ3) is 4.43. The standard InChI is InChI=1S/C27H25N3O2S/c1-31-22-10-8-19(9-11-22)26-18-33-27(29-21-6-4-3-5-7-21)30(26)15-14-20-17-28-25-13-12-23(32-2)16-24(20)25/h3-13,16-18,28H,14-15H2,1-2H3. The summed E-state index contributed by atoms with van der Waals surface area (Å²) in [5, 5.41) is 3.37. The van der Waals surface area contributed by atoms with E-state index in [1.54, 1.807) is 25.6 Å². The number of aromatic nitrogens is 2. The van der Waals surface area contributed by atoms with Gasteiger partial charge in [-0.1, -0.05) is 18.2 Å². The molecule has 0 aliphatic heterocycles. The van der Waals surface area contributed by atoms with E-state index in [1.165, 1.54) is 10.9 Å². The van der Waals surface area contributed by atoms with Gasteiger partial charge in [-0.05, 0) is 72.1 Å². The fraction of sp³-hybridized carbons (Fsp3) is 0.148. The summed E-state index contributed by atoms with van der Waals surface area (Å²) < 4.78 is 13.1. The first kappa shape index (κ1) is 21.1. The molecule has 3 aromatic carbocycles. The van der Waals surface area contributed by atoms with Gasteiger partial charge in [-0.25, -0.2) is 4.99 Å². The number of rotatable bonds is 7. The van der Waals surface area contributed by atoms with Gasteiger partial charge in [-0.3, -0.25) is 0 Å². The Morgan fingerprint density at radius 2 is 1.67 bits per heavy atom. The second kappa shape index (κ2) is 9.38. The molecule has 6 heteroatoms. The normalized spacial score (nSPS) is 11.8. The third-order valence-electron chi connectivity index (χ3n) is 5.74. The van der Waals surface area contributed by atoms with E-state index in [2.05, 4.69) is 45.4 Å². The zero-order chi connectivity index (χ0) is 22.6. The van der Waals surface area contributed by atoms with Gasteiger partial charge in [-0.15, -0.1) is 11.3 Å². The summed E-state index contributed by atoms with van der Waals surface area (Å²) >= 11 is 1.66. The lowest BCUT2D eigenvalue weighted by Crippen LogP contribution is -2.17. The molecule has 1 N–H and O–H groups in total. The predicted octanol–water partition coefficient (Wildman–Crippen LogP) is 6.19. The van der Waals surface area contributed by atoms with Crippen LogP contribution in [-0.2, 0) is 13.0 Å². The van der Waals surface area contributed by atoms with Crippen LogP contribution in [0.15, 0.2) is 89.4 Å². The minimum atomic E-state index is 0.806. The Morgan fingerprint density at radius 3 is 2.42 bits per heavy atom. The second-order valence-electron chi connectivity index (χ2n) is 7.71. The largest absolute Gasteiger partial charge is 0.497 e. The topological polar surface area (TPSA) is 51.5 Å². The fourth-order valence-electron chi connectivity index (χ4n) is 3.96. The minimum Gasteiger partial charge on any atom is -0.497 e. The van der Waals surface area contributed by atoms with E-state index in [-0.39, 0.29) is 0 Å². The first-order valence-electron chi connectivity index (χ1n) is 10.8. The Labute approximate surface area is 196 Å². The number of para-hydroxylation sites is 1. The minimum absolute atomic E-state index is 0.806. The molecule has 0 unspecified atom stereocenters. The highest BCUT2D eigenvalue weighted by Crippen LogP contribution is 2.26. The van der Waals surface area contributed by atoms with E-state index in [9.17, 15) is 0 Å². The quantitative estimate of drug-likeness (QED) is 0.318. The molecule has 5 aromatic rings. The molecule has 166 valence electrons. The van der Waals surface area contributed by atoms with Crippen LogP contribution in [0.4, 0.5) is 5.69 Å². The molecule has 2 heterocycles. The van der Waals surface area contributed by atoms with Crippen LogP contribution < -0.4 is 14.3 Å². The first-order chi connectivity index (χ1) is 16.2. The van der Waals surface area contributed by atoms with Crippen molar-refractivity contribution >= 4 is 27.9 Å². The van der Waals surface area contributed by atoms with Crippen LogP contribution in [0.1, 0.15) is 5.56 Å². The molecule has 0 fully saturated rings. The number of fused-ring (bicyclic) bond motifs is 1. The molecule has 0 spiro atoms. The van der Waals surface area contributed by atoms with Gasteiger partial charge in [0.1, 0.15) is 11.5 Å². The molecule has 0 bridgehead atoms. The Morgan fingerprint density at radius 1 is 0.909 bits per heavy atom. The number of benzene rings is 3. The number of aromatic amines is 1. The number of nitrogens with one attached hydrogen (secondary N) is 1. The van der Waals surface area contributed by atoms with E-state index < -0.39 is 0 Å². The maximum absolute atomic E-state index is 5.44. The number of aryl methyl sites for hydroxylation is 1. The molecule has 0 amide bonds. The van der Waals surface area contributed by atoms with Crippen molar-refractivity contribution in [2.24, 2.45) is 4.99 Å². The molecule has 5 nitrogen and oxygen atoms in total. The maximum Gasteiger partial charge on any atom is 0.190 e. The molecule has 0 atom stereocenters. The summed E-state index contributed by atoms with van der Waals surface area (Å²) in [6.07, 6.45) is 2.97. The van der Waals surface area contributed by atoms with Crippen LogP contribution >= 0.6 is 11.3 Å². The fourth-order valence-corrected chi connectivity index (χ4v) is 4.92. The Kier molecular flexibility index (Phi) is 6.00. The van der Waals surface area contributed by atoms with Crippen molar-refractivity contribution in [3.05, 3.63) is 94.7 Å². The van der Waals surface area contributed by atoms with Crippen LogP contribution in [0.5, 0.6) is 11.5 Å². The number of H-pyrrole nitrogens is 1. The molecule has 0 aliphatic rings. The Bertz CT molecular complexity index is 1430. The van der Waals surface area contributed by atoms with Crippen molar-refractivity contribution in [1.29, 1.82) is 0 Å². The number of methoxy groups -OCH3 is 2. The van der Waals surface area contributed by atoms with Crippen LogP contribution in [-0.4, -0.2) is 23.8 Å². The van der Waals surface area contributed by atoms with Gasteiger partial charge in [0, 0.05) is 29.0 Å². The van der Waals surface area contributed by atoms with E-state index in [1.807, 2.05) is 48.5 Å². The summed E-state index contributed by atoms with van der Waals surface area (Å²) in [7, 11) is 3.39. The van der Waals surface area contributed by atoms with Gasteiger partial charge in [-0.2, -0.15) is 0 Å². The van der Waals surface area contributed by atoms with Crippen LogP contribution in [0.2, 0.25) is 0 Å². The summed E-state index contributed by atoms with van der Waals surface area (Å²) in [4.78, 5) is 9.30. The average Bonchev–Trinajstić information content (AvgIpc) is 3.46. The van der Waals surface area contributed by atoms with Gasteiger partial charge < -0.3 is 19.0 Å². The molecule has 0 radical (unpaired) electrons. The van der Waals surface area contributed by atoms with Crippen LogP contribution in [0.25, 0.3) is 22.2 Å². The highest BCUT2D eigenvalue weighted by Gasteiger charge is 2.11. The predicted molar refractivity (Wildman–Crippen MR) is 135 cm³/mol. The van der Waals surface area contributed by atoms with Crippen molar-refractivity contribution < 1.29 is 9.47 Å². The lowest BCUT2D eigenvalue weighted by Gasteiger charge is -2.10. The molecular formula is C27H25N3O2S. The number of hydrogen-bond acceptors (Lipinski definition) is 4. The van der Waals surface area contributed by atoms with E-state index in [0.29, 0.717) is 0 Å². The van der Waals surface area contributed by atoms with E-state index in [0.717, 1.165) is 51.7 Å². The molecular weight excluding hydrogens is 430 g/mol. The lowest BCUT2D eigenvalue weighted by atomic mass is 10.1. The molecule has 0 aliphatic carbocycles. The zero-order valence-corrected chi connectivity index (χ0v) is 19.4. The monoisotopic (exact) mass is 455 g/mol. The number of ether oxygens (including phenoxy) is 2. The van der Waals surface area contributed by atoms with Crippen LogP contribution in [0, 0.1) is 0 Å². The molecule has 33 heavy (non-hydrogen) atoms. The van der Waals surface area contributed by atoms with Gasteiger partial charge in [0.15, 0.2) is 4.80 Å². The Balaban J connectivity index is 1.54. The Hall–Kier alpha value is -3.77. The van der Waals surface area contributed by atoms with Gasteiger partial charge in [0.2, 0.25) is 0 Å². The van der Waals surface area contributed by atoms with Crippen molar-refractivity contribution in [3.63, 3.8) is 0 Å². The first-order valence-corrected chi connectivity index (χ1v) is 11.7. The van der Waals surface area contributed by atoms with Crippen molar-refractivity contribution in [1.82, 2.24) is 9.55 Å². The van der Waals surface area contributed by atoms with Gasteiger partial charge >= 0.3 is 0 Å². The summed E-state index contributed by atoms with van der Waals surface area (Å²) in [5.41, 5.74) is 5.61. The van der Waals surface area contributed by atoms with Crippen molar-refractivity contribution in [2.75, 3.05) is 14.2 Å². The zero-order valence-electron chi connectivity index (χ0n) is 18.6. The number of hydrogen-bond donors (Lipinski definition) is 1. The SMILES string of the molecule is COc1ccc(-c2csc(=Nc3ccccc3)n2CCc2c[nH]c3ccc(OC)cc23)cc1. The summed E-state index contributed by atoms with van der Waals surface area (Å²) in [6, 6.07) is 24.4. The lowest BCUT2D eigenvalue weighted by molar-refractivity contribution is 0.415. The van der Waals surface area contributed by atoms with E-state index in [4.69, 9.17) is 14.5 Å². The maximum atomic E-state index is 5.44. The van der Waals surface area contributed by atoms with Crippen LogP contribution in [0.3, 0.4) is 0 Å². The van der Waals surface area contributed by atoms with Crippen molar-refractivity contribution in [2.45, 2.75) is 13.0 Å². The third-order valence-corrected chi connectivity index (χ3v) is 6.61. The molecule has 0 saturated heterocycles. The highest BCUT2D eigenvalue weighted by molar-refractivity contribution is 7.07. The summed E-state index contributed by atoms with van der Waals surface area (Å²) in [6.45, 7) is 0.806. The van der Waals surface area contributed by atoms with Crippen molar-refractivity contribution in [3.8, 4) is 22.8 Å². The molecule has 2 aromatic heterocycles. The highest BCUT2D eigenvalue weighted by atomic mass is 32.1. The smallest absolute Gasteiger partial charge is 0.190 e. The van der Waals surface area contributed by atoms with Gasteiger partial charge in [0.25, 0.3) is 0 Å². The van der Waals surface area contributed by atoms with E-state index >= 15 is 0 Å². The average molecular weight is 456 g/mol. The number of nitrogens with zero attached hydrogens (tertiary/aromatic N) is 2. The molecule has 0 saturated carbocycles. The van der Waals surface area contributed by atoms with Gasteiger partial charge in [0.05, 0.1) is 25.6 Å². The second-order valence-corrected chi connectivity index (χ2v) is 8.54. The summed E-state index contributed by atoms with van der Waals surface area (Å²) in [5.74, 6) is 1.72.